The number of thiocarbonyl (C=S) groups is 1. The zero-order valence-corrected chi connectivity index (χ0v) is 23.6. The van der Waals surface area contributed by atoms with Crippen LogP contribution < -0.4 is 21.3 Å². The third-order valence-corrected chi connectivity index (χ3v) is 6.69. The van der Waals surface area contributed by atoms with Gasteiger partial charge in [0.05, 0.1) is 10.5 Å². The lowest BCUT2D eigenvalue weighted by atomic mass is 9.97. The number of halogens is 3. The summed E-state index contributed by atoms with van der Waals surface area (Å²) < 4.78 is 39.6. The van der Waals surface area contributed by atoms with Crippen molar-refractivity contribution in [2.24, 2.45) is 5.92 Å². The maximum atomic E-state index is 13.5. The van der Waals surface area contributed by atoms with Crippen LogP contribution in [0.15, 0.2) is 78.9 Å². The summed E-state index contributed by atoms with van der Waals surface area (Å²) in [5.74, 6) is -1.53. The van der Waals surface area contributed by atoms with Crippen molar-refractivity contribution in [3.8, 4) is 0 Å². The second kappa shape index (κ2) is 14.4. The quantitative estimate of drug-likeness (QED) is 0.127. The maximum absolute atomic E-state index is 13.5. The molecule has 0 bridgehead atoms. The smallest absolute Gasteiger partial charge is 0.350 e. The molecule has 0 saturated carbocycles. The second-order valence-electron chi connectivity index (χ2n) is 9.59. The first-order valence-corrected chi connectivity index (χ1v) is 13.4. The maximum Gasteiger partial charge on any atom is 0.416 e. The van der Waals surface area contributed by atoms with E-state index in [1.54, 1.807) is 36.4 Å². The van der Waals surface area contributed by atoms with E-state index >= 15 is 0 Å². The zero-order chi connectivity index (χ0) is 30.9. The van der Waals surface area contributed by atoms with Gasteiger partial charge in [-0.15, -0.1) is 0 Å². The first-order chi connectivity index (χ1) is 19.9. The van der Waals surface area contributed by atoms with E-state index < -0.39 is 40.6 Å². The normalized spacial score (nSPS) is 13.3. The molecule has 3 atom stereocenters. The van der Waals surface area contributed by atoms with E-state index in [0.29, 0.717) is 12.1 Å². The summed E-state index contributed by atoms with van der Waals surface area (Å²) >= 11 is 5.36. The molecule has 0 aliphatic heterocycles. The number of carbonyl (C=O) groups is 2. The van der Waals surface area contributed by atoms with Crippen molar-refractivity contribution in [1.82, 2.24) is 10.6 Å². The number of rotatable bonds is 11. The molecule has 3 rings (SSSR count). The minimum absolute atomic E-state index is 0.0315. The first-order valence-electron chi connectivity index (χ1n) is 13.0. The third-order valence-electron chi connectivity index (χ3n) is 6.47. The molecule has 13 heteroatoms. The van der Waals surface area contributed by atoms with Crippen molar-refractivity contribution in [3.63, 3.8) is 0 Å². The molecule has 4 N–H and O–H groups in total. The van der Waals surface area contributed by atoms with Gasteiger partial charge in [-0.25, -0.2) is 0 Å². The Bertz CT molecular complexity index is 1420. The highest BCUT2D eigenvalue weighted by Crippen LogP contribution is 2.30. The number of nitro benzene ring substituents is 1. The minimum atomic E-state index is -4.59. The van der Waals surface area contributed by atoms with Gasteiger partial charge < -0.3 is 21.3 Å². The second-order valence-corrected chi connectivity index (χ2v) is 10.00. The van der Waals surface area contributed by atoms with Crippen LogP contribution in [0, 0.1) is 16.0 Å². The predicted molar refractivity (Wildman–Crippen MR) is 158 cm³/mol. The highest BCUT2D eigenvalue weighted by atomic mass is 32.1. The Balaban J connectivity index is 1.80. The Morgan fingerprint density at radius 3 is 2.17 bits per heavy atom. The lowest BCUT2D eigenvalue weighted by Crippen LogP contribution is -2.56. The van der Waals surface area contributed by atoms with Gasteiger partial charge >= 0.3 is 6.18 Å². The highest BCUT2D eigenvalue weighted by molar-refractivity contribution is 7.80. The molecule has 2 amide bonds. The minimum Gasteiger partial charge on any atom is -0.350 e. The monoisotopic (exact) mass is 601 g/mol. The summed E-state index contributed by atoms with van der Waals surface area (Å²) in [5.41, 5.74) is -0.0734. The average Bonchev–Trinajstić information content (AvgIpc) is 2.95. The predicted octanol–water partition coefficient (Wildman–Crippen LogP) is 5.68. The van der Waals surface area contributed by atoms with Crippen LogP contribution in [0.25, 0.3) is 0 Å². The number of nitro groups is 1. The van der Waals surface area contributed by atoms with Crippen LogP contribution in [-0.4, -0.2) is 33.9 Å². The molecule has 0 aromatic heterocycles. The largest absolute Gasteiger partial charge is 0.416 e. The number of amides is 2. The van der Waals surface area contributed by atoms with Gasteiger partial charge in [0, 0.05) is 29.9 Å². The van der Waals surface area contributed by atoms with Gasteiger partial charge in [0.1, 0.15) is 12.1 Å². The van der Waals surface area contributed by atoms with Gasteiger partial charge in [0.2, 0.25) is 11.8 Å². The number of anilines is 2. The Kier molecular flexibility index (Phi) is 11.0. The number of hydrogen-bond acceptors (Lipinski definition) is 5. The van der Waals surface area contributed by atoms with Crippen LogP contribution in [0.3, 0.4) is 0 Å². The Morgan fingerprint density at radius 1 is 0.905 bits per heavy atom. The van der Waals surface area contributed by atoms with Gasteiger partial charge in [0.25, 0.3) is 5.69 Å². The molecule has 3 aromatic rings. The zero-order valence-electron chi connectivity index (χ0n) is 22.8. The van der Waals surface area contributed by atoms with Crippen molar-refractivity contribution in [1.29, 1.82) is 0 Å². The van der Waals surface area contributed by atoms with Crippen LogP contribution in [0.2, 0.25) is 0 Å². The number of hydrogen-bond donors (Lipinski definition) is 4. The molecular formula is C29H30F3N5O4S. The molecule has 0 aliphatic rings. The van der Waals surface area contributed by atoms with Crippen LogP contribution in [0.4, 0.5) is 30.2 Å². The number of alkyl halides is 3. The van der Waals surface area contributed by atoms with Crippen LogP contribution >= 0.6 is 12.2 Å². The molecule has 9 nitrogen and oxygen atoms in total. The summed E-state index contributed by atoms with van der Waals surface area (Å²) in [6.45, 7) is 3.67. The topological polar surface area (TPSA) is 125 Å². The number of nitrogens with zero attached hydrogens (tertiary/aromatic N) is 1. The SMILES string of the molecule is CCC(C)C(NC(=S)Nc1cccc([N+](=O)[O-])c1)C(=O)NC(Cc1ccccc1)C(=O)Nc1cccc(C(F)(F)F)c1. The standard InChI is InChI=1S/C29H30F3N5O4S/c1-3-18(2)25(36-28(42)34-22-13-8-14-23(17-22)37(40)41)27(39)35-24(15-19-9-5-4-6-10-19)26(38)33-21-12-7-11-20(16-21)29(30,31)32/h4-14,16-18,24-25H,3,15H2,1-2H3,(H,33,38)(H,35,39)(H2,34,36,42). The summed E-state index contributed by atoms with van der Waals surface area (Å²) in [5, 5.41) is 22.1. The molecular weight excluding hydrogens is 571 g/mol. The van der Waals surface area contributed by atoms with E-state index in [1.807, 2.05) is 13.8 Å². The molecule has 0 saturated heterocycles. The first kappa shape index (κ1) is 32.0. The summed E-state index contributed by atoms with van der Waals surface area (Å²) in [6.07, 6.45) is -3.96. The lowest BCUT2D eigenvalue weighted by Gasteiger charge is -2.27. The summed E-state index contributed by atoms with van der Waals surface area (Å²) in [6, 6.07) is 16.7. The molecule has 222 valence electrons. The van der Waals surface area contributed by atoms with Crippen molar-refractivity contribution in [2.45, 2.75) is 44.9 Å². The lowest BCUT2D eigenvalue weighted by molar-refractivity contribution is -0.384. The molecule has 0 heterocycles. The average molecular weight is 602 g/mol. The number of non-ortho nitro benzene ring substituents is 1. The van der Waals surface area contributed by atoms with Crippen molar-refractivity contribution >= 4 is 46.2 Å². The van der Waals surface area contributed by atoms with Crippen LogP contribution in [-0.2, 0) is 22.2 Å². The molecule has 3 unspecified atom stereocenters. The van der Waals surface area contributed by atoms with E-state index in [1.165, 1.54) is 30.3 Å². The fourth-order valence-electron chi connectivity index (χ4n) is 4.03. The van der Waals surface area contributed by atoms with E-state index in [-0.39, 0.29) is 28.8 Å². The van der Waals surface area contributed by atoms with Gasteiger partial charge in [-0.1, -0.05) is 62.7 Å². The summed E-state index contributed by atoms with van der Waals surface area (Å²) in [4.78, 5) is 37.4. The number of carbonyl (C=O) groups excluding carboxylic acids is 2. The van der Waals surface area contributed by atoms with E-state index in [2.05, 4.69) is 21.3 Å². The Hall–Kier alpha value is -4.52. The van der Waals surface area contributed by atoms with Crippen LogP contribution in [0.1, 0.15) is 31.4 Å². The fourth-order valence-corrected chi connectivity index (χ4v) is 4.28. The van der Waals surface area contributed by atoms with Crippen molar-refractivity contribution < 1.29 is 27.7 Å². The van der Waals surface area contributed by atoms with E-state index in [0.717, 1.165) is 17.7 Å². The van der Waals surface area contributed by atoms with Gasteiger partial charge in [-0.3, -0.25) is 19.7 Å². The molecule has 0 fully saturated rings. The van der Waals surface area contributed by atoms with Gasteiger partial charge in [-0.2, -0.15) is 13.2 Å². The van der Waals surface area contributed by atoms with E-state index in [9.17, 15) is 32.9 Å². The summed E-state index contributed by atoms with van der Waals surface area (Å²) in [7, 11) is 0. The molecule has 0 aliphatic carbocycles. The molecule has 42 heavy (non-hydrogen) atoms. The Morgan fingerprint density at radius 2 is 1.55 bits per heavy atom. The molecule has 0 spiro atoms. The van der Waals surface area contributed by atoms with Crippen molar-refractivity contribution in [2.75, 3.05) is 10.6 Å². The van der Waals surface area contributed by atoms with Crippen LogP contribution in [0.5, 0.6) is 0 Å². The molecule has 3 aromatic carbocycles. The van der Waals surface area contributed by atoms with Gasteiger partial charge in [0.15, 0.2) is 5.11 Å². The van der Waals surface area contributed by atoms with Crippen molar-refractivity contribution in [3.05, 3.63) is 100 Å². The highest BCUT2D eigenvalue weighted by Gasteiger charge is 2.32. The number of benzene rings is 3. The van der Waals surface area contributed by atoms with Gasteiger partial charge in [-0.05, 0) is 48.0 Å². The van der Waals surface area contributed by atoms with E-state index in [4.69, 9.17) is 12.2 Å². The Labute approximate surface area is 246 Å². The number of nitrogens with one attached hydrogen (secondary N) is 4. The third kappa shape index (κ3) is 9.26. The fraction of sp³-hybridized carbons (Fsp3) is 0.276. The molecule has 0 radical (unpaired) electrons.